The molecular formula is C11H20N2. The van der Waals surface area contributed by atoms with E-state index in [1.807, 2.05) is 0 Å². The van der Waals surface area contributed by atoms with Crippen LogP contribution in [0, 0.1) is 0 Å². The normalized spacial score (nSPS) is 33.2. The van der Waals surface area contributed by atoms with Crippen LogP contribution in [0.15, 0.2) is 0 Å². The molecule has 1 aliphatic heterocycles. The van der Waals surface area contributed by atoms with Gasteiger partial charge in [0, 0.05) is 38.3 Å². The summed E-state index contributed by atoms with van der Waals surface area (Å²) in [7, 11) is 0. The van der Waals surface area contributed by atoms with E-state index in [0.29, 0.717) is 0 Å². The zero-order valence-corrected chi connectivity index (χ0v) is 8.41. The van der Waals surface area contributed by atoms with Gasteiger partial charge in [-0.05, 0) is 25.7 Å². The van der Waals surface area contributed by atoms with Gasteiger partial charge in [0.2, 0.25) is 0 Å². The van der Waals surface area contributed by atoms with E-state index in [1.165, 1.54) is 58.3 Å². The second-order valence-electron chi connectivity index (χ2n) is 4.89. The van der Waals surface area contributed by atoms with E-state index in [1.54, 1.807) is 0 Å². The van der Waals surface area contributed by atoms with Crippen molar-refractivity contribution in [2.45, 2.75) is 44.2 Å². The number of hydrogen-bond acceptors (Lipinski definition) is 2. The summed E-state index contributed by atoms with van der Waals surface area (Å²) < 4.78 is 0. The average molecular weight is 180 g/mol. The van der Waals surface area contributed by atoms with Gasteiger partial charge in [0.05, 0.1) is 0 Å². The Hall–Kier alpha value is -0.0800. The molecule has 3 fully saturated rings. The van der Waals surface area contributed by atoms with Crippen molar-refractivity contribution in [3.05, 3.63) is 0 Å². The van der Waals surface area contributed by atoms with Gasteiger partial charge in [0.15, 0.2) is 0 Å². The first-order chi connectivity index (χ1) is 6.43. The molecule has 0 aromatic carbocycles. The highest BCUT2D eigenvalue weighted by atomic mass is 15.3. The molecule has 0 spiro atoms. The molecule has 3 rings (SSSR count). The minimum Gasteiger partial charge on any atom is -0.298 e. The fraction of sp³-hybridized carbons (Fsp3) is 1.00. The zero-order valence-electron chi connectivity index (χ0n) is 8.41. The van der Waals surface area contributed by atoms with Crippen molar-refractivity contribution in [3.63, 3.8) is 0 Å². The molecule has 3 aliphatic rings. The minimum atomic E-state index is 0.973. The Balaban J connectivity index is 1.48. The van der Waals surface area contributed by atoms with Crippen LogP contribution in [-0.2, 0) is 0 Å². The Morgan fingerprint density at radius 3 is 1.38 bits per heavy atom. The van der Waals surface area contributed by atoms with Gasteiger partial charge in [-0.1, -0.05) is 6.42 Å². The summed E-state index contributed by atoms with van der Waals surface area (Å²) >= 11 is 0. The molecule has 0 atom stereocenters. The van der Waals surface area contributed by atoms with Crippen molar-refractivity contribution in [1.29, 1.82) is 0 Å². The summed E-state index contributed by atoms with van der Waals surface area (Å²) in [4.78, 5) is 5.43. The van der Waals surface area contributed by atoms with E-state index in [4.69, 9.17) is 0 Å². The zero-order chi connectivity index (χ0) is 8.67. The predicted octanol–water partition coefficient (Wildman–Crippen LogP) is 1.32. The molecule has 0 bridgehead atoms. The molecular weight excluding hydrogens is 160 g/mol. The monoisotopic (exact) mass is 180 g/mol. The van der Waals surface area contributed by atoms with Gasteiger partial charge in [0.25, 0.3) is 0 Å². The molecule has 2 nitrogen and oxygen atoms in total. The van der Waals surface area contributed by atoms with Crippen LogP contribution in [0.25, 0.3) is 0 Å². The second kappa shape index (κ2) is 3.25. The van der Waals surface area contributed by atoms with Crippen LogP contribution in [0.1, 0.15) is 32.1 Å². The predicted molar refractivity (Wildman–Crippen MR) is 53.8 cm³/mol. The lowest BCUT2D eigenvalue weighted by Crippen LogP contribution is -2.52. The van der Waals surface area contributed by atoms with Crippen LogP contribution in [0.2, 0.25) is 0 Å². The molecule has 1 saturated heterocycles. The van der Waals surface area contributed by atoms with E-state index in [-0.39, 0.29) is 0 Å². The van der Waals surface area contributed by atoms with Gasteiger partial charge in [-0.3, -0.25) is 9.80 Å². The van der Waals surface area contributed by atoms with Gasteiger partial charge in [-0.15, -0.1) is 0 Å². The van der Waals surface area contributed by atoms with E-state index in [2.05, 4.69) is 9.80 Å². The summed E-state index contributed by atoms with van der Waals surface area (Å²) in [5.41, 5.74) is 0. The first-order valence-corrected chi connectivity index (χ1v) is 5.91. The molecule has 13 heavy (non-hydrogen) atoms. The van der Waals surface area contributed by atoms with Gasteiger partial charge in [-0.25, -0.2) is 0 Å². The fourth-order valence-corrected chi connectivity index (χ4v) is 2.66. The maximum atomic E-state index is 2.72. The SMILES string of the molecule is C1CC(N2CCN(C3CC3)CC2)C1. The largest absolute Gasteiger partial charge is 0.298 e. The lowest BCUT2D eigenvalue weighted by molar-refractivity contribution is 0.0585. The first-order valence-electron chi connectivity index (χ1n) is 5.91. The third kappa shape index (κ3) is 1.62. The van der Waals surface area contributed by atoms with Crippen LogP contribution in [0.4, 0.5) is 0 Å². The van der Waals surface area contributed by atoms with Gasteiger partial charge in [0.1, 0.15) is 0 Å². The molecule has 2 aliphatic carbocycles. The van der Waals surface area contributed by atoms with E-state index >= 15 is 0 Å². The maximum Gasteiger partial charge on any atom is 0.0113 e. The van der Waals surface area contributed by atoms with Crippen molar-refractivity contribution < 1.29 is 0 Å². The molecule has 2 saturated carbocycles. The van der Waals surface area contributed by atoms with E-state index < -0.39 is 0 Å². The lowest BCUT2D eigenvalue weighted by atomic mass is 9.91. The van der Waals surface area contributed by atoms with Crippen LogP contribution in [0.3, 0.4) is 0 Å². The molecule has 1 heterocycles. The standard InChI is InChI=1S/C11H20N2/c1-2-10(3-1)12-6-8-13(9-7-12)11-4-5-11/h10-11H,1-9H2. The topological polar surface area (TPSA) is 6.48 Å². The highest BCUT2D eigenvalue weighted by molar-refractivity contribution is 4.90. The maximum absolute atomic E-state index is 2.72. The van der Waals surface area contributed by atoms with Gasteiger partial charge in [-0.2, -0.15) is 0 Å². The number of nitrogens with zero attached hydrogens (tertiary/aromatic N) is 2. The van der Waals surface area contributed by atoms with Crippen molar-refractivity contribution in [2.75, 3.05) is 26.2 Å². The molecule has 2 heteroatoms. The Bertz CT molecular complexity index is 177. The van der Waals surface area contributed by atoms with Gasteiger partial charge >= 0.3 is 0 Å². The Morgan fingerprint density at radius 2 is 1.08 bits per heavy atom. The summed E-state index contributed by atoms with van der Waals surface area (Å²) in [6.07, 6.45) is 7.38. The van der Waals surface area contributed by atoms with Crippen molar-refractivity contribution >= 4 is 0 Å². The van der Waals surface area contributed by atoms with Crippen LogP contribution < -0.4 is 0 Å². The van der Waals surface area contributed by atoms with Gasteiger partial charge < -0.3 is 0 Å². The molecule has 0 amide bonds. The summed E-state index contributed by atoms with van der Waals surface area (Å²) in [6.45, 7) is 5.39. The fourth-order valence-electron chi connectivity index (χ4n) is 2.66. The molecule has 0 unspecified atom stereocenters. The minimum absolute atomic E-state index is 0.973. The van der Waals surface area contributed by atoms with Crippen LogP contribution >= 0.6 is 0 Å². The molecule has 0 aromatic rings. The Kier molecular flexibility index (Phi) is 2.06. The van der Waals surface area contributed by atoms with E-state index in [9.17, 15) is 0 Å². The summed E-state index contributed by atoms with van der Waals surface area (Å²) in [5.74, 6) is 0. The van der Waals surface area contributed by atoms with Crippen LogP contribution in [-0.4, -0.2) is 48.1 Å². The smallest absolute Gasteiger partial charge is 0.0113 e. The highest BCUT2D eigenvalue weighted by Gasteiger charge is 2.33. The average Bonchev–Trinajstić information content (AvgIpc) is 2.85. The molecule has 0 aromatic heterocycles. The summed E-state index contributed by atoms with van der Waals surface area (Å²) in [5, 5.41) is 0. The van der Waals surface area contributed by atoms with Crippen molar-refractivity contribution in [1.82, 2.24) is 9.80 Å². The van der Waals surface area contributed by atoms with Crippen molar-refractivity contribution in [3.8, 4) is 0 Å². The van der Waals surface area contributed by atoms with Crippen molar-refractivity contribution in [2.24, 2.45) is 0 Å². The first kappa shape index (κ1) is 8.25. The van der Waals surface area contributed by atoms with E-state index in [0.717, 1.165) is 12.1 Å². The Morgan fingerprint density at radius 1 is 0.615 bits per heavy atom. The Labute approximate surface area is 80.9 Å². The van der Waals surface area contributed by atoms with Crippen LogP contribution in [0.5, 0.6) is 0 Å². The second-order valence-corrected chi connectivity index (χ2v) is 4.89. The number of rotatable bonds is 2. The number of hydrogen-bond donors (Lipinski definition) is 0. The molecule has 0 N–H and O–H groups in total. The number of piperazine rings is 1. The third-order valence-electron chi connectivity index (χ3n) is 4.00. The summed E-state index contributed by atoms with van der Waals surface area (Å²) in [6, 6.07) is 1.96. The lowest BCUT2D eigenvalue weighted by Gasteiger charge is -2.43. The quantitative estimate of drug-likeness (QED) is 0.632. The highest BCUT2D eigenvalue weighted by Crippen LogP contribution is 2.30. The molecule has 74 valence electrons. The molecule has 0 radical (unpaired) electrons. The third-order valence-corrected chi connectivity index (χ3v) is 4.00.